The van der Waals surface area contributed by atoms with E-state index in [0.717, 1.165) is 35.1 Å². The van der Waals surface area contributed by atoms with Crippen LogP contribution in [0.3, 0.4) is 0 Å². The molecule has 0 aromatic heterocycles. The van der Waals surface area contributed by atoms with Crippen LogP contribution in [0.25, 0.3) is 0 Å². The van der Waals surface area contributed by atoms with E-state index < -0.39 is 36.7 Å². The Labute approximate surface area is 271 Å². The first kappa shape index (κ1) is 32.3. The lowest BCUT2D eigenvalue weighted by atomic mass is 9.98. The minimum atomic E-state index is -1.48. The summed E-state index contributed by atoms with van der Waals surface area (Å²) in [6.07, 6.45) is 0.426. The van der Waals surface area contributed by atoms with Crippen molar-refractivity contribution in [1.82, 2.24) is 0 Å². The van der Waals surface area contributed by atoms with Crippen molar-refractivity contribution in [1.29, 1.82) is 0 Å². The predicted octanol–water partition coefficient (Wildman–Crippen LogP) is 7.31. The molecule has 0 N–H and O–H groups in total. The number of fused-ring (bicyclic) bond motifs is 1. The topological polar surface area (TPSA) is 64.6 Å². The third-order valence-corrected chi connectivity index (χ3v) is 8.09. The molecule has 240 valence electrons. The highest BCUT2D eigenvalue weighted by molar-refractivity contribution is 5.20. The fourth-order valence-corrected chi connectivity index (χ4v) is 5.75. The SMILES string of the molecule is C=CCCCOC1(c2ccccc2)O[C@@H]2O[C@H](COCc3ccccc3)[C@@H](OCc3ccccc3)[C@H](OCc3ccccc3)[C@@H]2O1. The Morgan fingerprint density at radius 1 is 0.652 bits per heavy atom. The van der Waals surface area contributed by atoms with Gasteiger partial charge in [0.2, 0.25) is 0 Å². The Kier molecular flexibility index (Phi) is 11.4. The van der Waals surface area contributed by atoms with Crippen LogP contribution in [0.2, 0.25) is 0 Å². The van der Waals surface area contributed by atoms with E-state index in [-0.39, 0.29) is 6.61 Å². The van der Waals surface area contributed by atoms with Crippen molar-refractivity contribution in [3.8, 4) is 0 Å². The second kappa shape index (κ2) is 16.3. The van der Waals surface area contributed by atoms with Crippen molar-refractivity contribution in [3.63, 3.8) is 0 Å². The highest BCUT2D eigenvalue weighted by Crippen LogP contribution is 2.45. The van der Waals surface area contributed by atoms with E-state index in [0.29, 0.717) is 26.4 Å². The van der Waals surface area contributed by atoms with E-state index in [1.807, 2.05) is 127 Å². The molecule has 0 bridgehead atoms. The number of rotatable bonds is 16. The van der Waals surface area contributed by atoms with Crippen LogP contribution >= 0.6 is 0 Å². The molecule has 0 radical (unpaired) electrons. The monoisotopic (exact) mass is 622 g/mol. The maximum absolute atomic E-state index is 6.78. The van der Waals surface area contributed by atoms with Gasteiger partial charge in [-0.2, -0.15) is 0 Å². The van der Waals surface area contributed by atoms with Crippen LogP contribution in [0.4, 0.5) is 0 Å². The molecule has 0 amide bonds. The molecule has 6 atom stereocenters. The van der Waals surface area contributed by atoms with Crippen LogP contribution in [0.5, 0.6) is 0 Å². The molecule has 0 aliphatic carbocycles. The van der Waals surface area contributed by atoms with E-state index in [1.54, 1.807) is 0 Å². The number of hydrogen-bond acceptors (Lipinski definition) is 7. The molecule has 0 saturated carbocycles. The molecule has 4 aromatic carbocycles. The maximum atomic E-state index is 6.78. The molecule has 2 aliphatic rings. The molecule has 0 spiro atoms. The van der Waals surface area contributed by atoms with Gasteiger partial charge in [0, 0.05) is 5.56 Å². The molecular formula is C39H42O7. The fourth-order valence-electron chi connectivity index (χ4n) is 5.75. The van der Waals surface area contributed by atoms with Gasteiger partial charge in [-0.05, 0) is 29.5 Å². The molecule has 2 aliphatic heterocycles. The first-order valence-corrected chi connectivity index (χ1v) is 16.0. The lowest BCUT2D eigenvalue weighted by molar-refractivity contribution is -0.367. The molecule has 4 aromatic rings. The number of hydrogen-bond donors (Lipinski definition) is 0. The van der Waals surface area contributed by atoms with Crippen molar-refractivity contribution in [3.05, 3.63) is 156 Å². The van der Waals surface area contributed by atoms with E-state index >= 15 is 0 Å². The second-order valence-electron chi connectivity index (χ2n) is 11.5. The summed E-state index contributed by atoms with van der Waals surface area (Å²) < 4.78 is 46.1. The van der Waals surface area contributed by atoms with Gasteiger partial charge in [-0.25, -0.2) is 0 Å². The van der Waals surface area contributed by atoms with Crippen LogP contribution in [0, 0.1) is 0 Å². The van der Waals surface area contributed by atoms with Crippen molar-refractivity contribution >= 4 is 0 Å². The molecule has 46 heavy (non-hydrogen) atoms. The molecule has 7 heteroatoms. The third kappa shape index (κ3) is 8.18. The Morgan fingerprint density at radius 2 is 1.20 bits per heavy atom. The Balaban J connectivity index is 1.30. The number of allylic oxidation sites excluding steroid dienone is 1. The molecule has 2 fully saturated rings. The van der Waals surface area contributed by atoms with Crippen molar-refractivity contribution < 1.29 is 33.2 Å². The summed E-state index contributed by atoms with van der Waals surface area (Å²) >= 11 is 0. The zero-order valence-corrected chi connectivity index (χ0v) is 26.0. The van der Waals surface area contributed by atoms with Crippen LogP contribution in [0.15, 0.2) is 134 Å². The second-order valence-corrected chi connectivity index (χ2v) is 11.5. The largest absolute Gasteiger partial charge is 0.374 e. The van der Waals surface area contributed by atoms with Gasteiger partial charge in [0.1, 0.15) is 24.4 Å². The van der Waals surface area contributed by atoms with Crippen LogP contribution in [-0.2, 0) is 59.0 Å². The van der Waals surface area contributed by atoms with Gasteiger partial charge in [0.25, 0.3) is 0 Å². The number of ether oxygens (including phenoxy) is 7. The normalized spacial score (nSPS) is 25.6. The van der Waals surface area contributed by atoms with Gasteiger partial charge in [-0.1, -0.05) is 127 Å². The number of unbranched alkanes of at least 4 members (excludes halogenated alkanes) is 1. The molecule has 6 rings (SSSR count). The lowest BCUT2D eigenvalue weighted by Gasteiger charge is -2.42. The lowest BCUT2D eigenvalue weighted by Crippen LogP contribution is -2.59. The standard InChI is InChI=1S/C39H42O7/c1-2-3-16-25-43-39(33-23-14-7-15-24-33)45-37-36(42-28-32-21-12-6-13-22-32)35(41-27-31-19-10-5-11-20-31)34(44-38(37)46-39)29-40-26-30-17-8-4-9-18-30/h2,4-15,17-24,34-38H,1,3,16,25-29H2/t34-,35-,36+,37+,38+,39?/m1/s1. The Bertz CT molecular complexity index is 1450. The smallest absolute Gasteiger partial charge is 0.314 e. The Morgan fingerprint density at radius 3 is 1.78 bits per heavy atom. The molecule has 1 unspecified atom stereocenters. The minimum Gasteiger partial charge on any atom is -0.374 e. The average molecular weight is 623 g/mol. The molecule has 2 heterocycles. The Hall–Kier alpha value is -3.66. The van der Waals surface area contributed by atoms with Crippen LogP contribution in [-0.4, -0.2) is 43.9 Å². The summed E-state index contributed by atoms with van der Waals surface area (Å²) in [6.45, 7) is 5.69. The summed E-state index contributed by atoms with van der Waals surface area (Å²) in [4.78, 5) is 0. The van der Waals surface area contributed by atoms with E-state index in [2.05, 4.69) is 6.58 Å². The van der Waals surface area contributed by atoms with Crippen LogP contribution < -0.4 is 0 Å². The highest BCUT2D eigenvalue weighted by Gasteiger charge is 2.60. The highest BCUT2D eigenvalue weighted by atomic mass is 16.9. The van der Waals surface area contributed by atoms with Gasteiger partial charge >= 0.3 is 5.97 Å². The minimum absolute atomic E-state index is 0.269. The number of benzene rings is 4. The zero-order valence-electron chi connectivity index (χ0n) is 26.0. The van der Waals surface area contributed by atoms with Crippen molar-refractivity contribution in [2.45, 2.75) is 69.3 Å². The van der Waals surface area contributed by atoms with Gasteiger partial charge in [-0.15, -0.1) is 6.58 Å². The van der Waals surface area contributed by atoms with E-state index in [1.165, 1.54) is 0 Å². The first-order valence-electron chi connectivity index (χ1n) is 16.0. The van der Waals surface area contributed by atoms with E-state index in [9.17, 15) is 0 Å². The molecule has 2 saturated heterocycles. The van der Waals surface area contributed by atoms with E-state index in [4.69, 9.17) is 33.2 Å². The van der Waals surface area contributed by atoms with Crippen molar-refractivity contribution in [2.75, 3.05) is 13.2 Å². The fraction of sp³-hybridized carbons (Fsp3) is 0.333. The van der Waals surface area contributed by atoms with Crippen LogP contribution in [0.1, 0.15) is 35.1 Å². The molecule has 7 nitrogen and oxygen atoms in total. The molecular weight excluding hydrogens is 580 g/mol. The average Bonchev–Trinajstić information content (AvgIpc) is 3.49. The zero-order chi connectivity index (χ0) is 31.4. The van der Waals surface area contributed by atoms with Gasteiger partial charge in [0.15, 0.2) is 6.29 Å². The third-order valence-electron chi connectivity index (χ3n) is 8.09. The van der Waals surface area contributed by atoms with Gasteiger partial charge in [0.05, 0.1) is 33.0 Å². The summed E-state index contributed by atoms with van der Waals surface area (Å²) in [5.41, 5.74) is 3.90. The van der Waals surface area contributed by atoms with Gasteiger partial charge < -0.3 is 28.4 Å². The summed E-state index contributed by atoms with van der Waals surface area (Å²) in [5.74, 6) is -1.48. The van der Waals surface area contributed by atoms with Crippen molar-refractivity contribution in [2.24, 2.45) is 0 Å². The quantitative estimate of drug-likeness (QED) is 0.0959. The maximum Gasteiger partial charge on any atom is 0.314 e. The summed E-state index contributed by atoms with van der Waals surface area (Å²) in [5, 5.41) is 0. The predicted molar refractivity (Wildman–Crippen MR) is 174 cm³/mol. The summed E-state index contributed by atoms with van der Waals surface area (Å²) in [6, 6.07) is 39.9. The summed E-state index contributed by atoms with van der Waals surface area (Å²) in [7, 11) is 0. The first-order chi connectivity index (χ1) is 22.7. The van der Waals surface area contributed by atoms with Gasteiger partial charge in [-0.3, -0.25) is 4.74 Å².